The SMILES string of the molecule is CC1CC(=O)CCN1[C@@H](C)C1=CCCC=C1. The summed E-state index contributed by atoms with van der Waals surface area (Å²) in [5.74, 6) is 0.420. The van der Waals surface area contributed by atoms with E-state index in [1.54, 1.807) is 0 Å². The second-order valence-corrected chi connectivity index (χ2v) is 4.94. The molecule has 1 fully saturated rings. The van der Waals surface area contributed by atoms with E-state index >= 15 is 0 Å². The van der Waals surface area contributed by atoms with Crippen molar-refractivity contribution >= 4 is 5.78 Å². The molecule has 0 bridgehead atoms. The number of carbonyl (C=O) groups excluding carboxylic acids is 1. The summed E-state index contributed by atoms with van der Waals surface area (Å²) in [5, 5.41) is 0. The molecule has 2 aliphatic rings. The van der Waals surface area contributed by atoms with Gasteiger partial charge in [-0.2, -0.15) is 0 Å². The number of Topliss-reactive ketones (excluding diaryl/α,β-unsaturated/α-hetero) is 1. The third-order valence-corrected chi connectivity index (χ3v) is 3.74. The van der Waals surface area contributed by atoms with Crippen molar-refractivity contribution in [1.29, 1.82) is 0 Å². The molecule has 1 unspecified atom stereocenters. The first-order valence-electron chi connectivity index (χ1n) is 6.32. The zero-order chi connectivity index (χ0) is 11.5. The van der Waals surface area contributed by atoms with Gasteiger partial charge >= 0.3 is 0 Å². The number of hydrogen-bond donors (Lipinski definition) is 0. The van der Waals surface area contributed by atoms with E-state index in [9.17, 15) is 4.79 Å². The van der Waals surface area contributed by atoms with Gasteiger partial charge in [0.2, 0.25) is 0 Å². The van der Waals surface area contributed by atoms with Gasteiger partial charge in [0.25, 0.3) is 0 Å². The zero-order valence-corrected chi connectivity index (χ0v) is 10.3. The molecule has 1 heterocycles. The van der Waals surface area contributed by atoms with Gasteiger partial charge in [-0.25, -0.2) is 0 Å². The number of piperidine rings is 1. The van der Waals surface area contributed by atoms with E-state index < -0.39 is 0 Å². The van der Waals surface area contributed by atoms with Crippen molar-refractivity contribution in [2.75, 3.05) is 6.54 Å². The number of rotatable bonds is 2. The largest absolute Gasteiger partial charge is 0.300 e. The summed E-state index contributed by atoms with van der Waals surface area (Å²) in [5.41, 5.74) is 1.42. The maximum absolute atomic E-state index is 11.4. The maximum Gasteiger partial charge on any atom is 0.135 e. The van der Waals surface area contributed by atoms with Gasteiger partial charge in [-0.3, -0.25) is 9.69 Å². The molecule has 0 radical (unpaired) electrons. The quantitative estimate of drug-likeness (QED) is 0.711. The Hall–Kier alpha value is -0.890. The van der Waals surface area contributed by atoms with Gasteiger partial charge in [0, 0.05) is 31.5 Å². The van der Waals surface area contributed by atoms with Crippen LogP contribution in [0, 0.1) is 0 Å². The molecule has 1 aliphatic heterocycles. The molecule has 0 aromatic rings. The fourth-order valence-electron chi connectivity index (χ4n) is 2.73. The van der Waals surface area contributed by atoms with Crippen molar-refractivity contribution in [1.82, 2.24) is 4.90 Å². The molecule has 0 aromatic carbocycles. The minimum Gasteiger partial charge on any atom is -0.300 e. The van der Waals surface area contributed by atoms with Crippen LogP contribution in [0.15, 0.2) is 23.8 Å². The van der Waals surface area contributed by atoms with Crippen LogP contribution in [0.2, 0.25) is 0 Å². The van der Waals surface area contributed by atoms with E-state index in [1.807, 2.05) is 0 Å². The molecule has 2 rings (SSSR count). The van der Waals surface area contributed by atoms with Crippen LogP contribution in [-0.4, -0.2) is 29.3 Å². The minimum atomic E-state index is 0.396. The third kappa shape index (κ3) is 2.43. The highest BCUT2D eigenvalue weighted by Gasteiger charge is 2.28. The molecule has 0 saturated carbocycles. The van der Waals surface area contributed by atoms with Gasteiger partial charge in [-0.05, 0) is 32.3 Å². The lowest BCUT2D eigenvalue weighted by atomic mass is 9.95. The smallest absolute Gasteiger partial charge is 0.135 e. The van der Waals surface area contributed by atoms with Crippen LogP contribution in [0.3, 0.4) is 0 Å². The third-order valence-electron chi connectivity index (χ3n) is 3.74. The Morgan fingerprint density at radius 3 is 2.88 bits per heavy atom. The van der Waals surface area contributed by atoms with Gasteiger partial charge in [0.1, 0.15) is 5.78 Å². The van der Waals surface area contributed by atoms with E-state index in [4.69, 9.17) is 0 Å². The summed E-state index contributed by atoms with van der Waals surface area (Å²) in [6, 6.07) is 0.854. The van der Waals surface area contributed by atoms with Crippen molar-refractivity contribution in [2.45, 2.75) is 51.6 Å². The molecule has 2 heteroatoms. The molecule has 2 atom stereocenters. The van der Waals surface area contributed by atoms with Crippen LogP contribution in [0.4, 0.5) is 0 Å². The Kier molecular flexibility index (Phi) is 3.59. The normalized spacial score (nSPS) is 29.0. The van der Waals surface area contributed by atoms with Gasteiger partial charge in [0.05, 0.1) is 0 Å². The first kappa shape index (κ1) is 11.6. The average Bonchev–Trinajstić information content (AvgIpc) is 2.29. The Morgan fingerprint density at radius 1 is 1.44 bits per heavy atom. The number of nitrogens with zero attached hydrogens (tertiary/aromatic N) is 1. The molecule has 0 aromatic heterocycles. The van der Waals surface area contributed by atoms with E-state index in [2.05, 4.69) is 37.0 Å². The number of allylic oxidation sites excluding steroid dienone is 2. The maximum atomic E-state index is 11.4. The Balaban J connectivity index is 2.03. The molecule has 1 saturated heterocycles. The van der Waals surface area contributed by atoms with Crippen LogP contribution in [0.5, 0.6) is 0 Å². The van der Waals surface area contributed by atoms with Crippen molar-refractivity contribution in [3.63, 3.8) is 0 Å². The van der Waals surface area contributed by atoms with Gasteiger partial charge < -0.3 is 0 Å². The molecule has 0 N–H and O–H groups in total. The van der Waals surface area contributed by atoms with Gasteiger partial charge in [-0.15, -0.1) is 0 Å². The first-order valence-corrected chi connectivity index (χ1v) is 6.32. The van der Waals surface area contributed by atoms with Crippen LogP contribution in [-0.2, 0) is 4.79 Å². The van der Waals surface area contributed by atoms with E-state index in [0.717, 1.165) is 25.8 Å². The predicted octanol–water partition coefficient (Wildman–Crippen LogP) is 2.70. The lowest BCUT2D eigenvalue weighted by Crippen LogP contribution is -2.46. The van der Waals surface area contributed by atoms with Crippen molar-refractivity contribution < 1.29 is 4.79 Å². The van der Waals surface area contributed by atoms with Crippen LogP contribution >= 0.6 is 0 Å². The summed E-state index contributed by atoms with van der Waals surface area (Å²) in [7, 11) is 0. The fourth-order valence-corrected chi connectivity index (χ4v) is 2.73. The van der Waals surface area contributed by atoms with Crippen molar-refractivity contribution in [2.24, 2.45) is 0 Å². The lowest BCUT2D eigenvalue weighted by molar-refractivity contribution is -0.123. The number of ketones is 1. The van der Waals surface area contributed by atoms with E-state index in [0.29, 0.717) is 17.9 Å². The fraction of sp³-hybridized carbons (Fsp3) is 0.643. The molecular formula is C14H21NO. The predicted molar refractivity (Wildman–Crippen MR) is 66.3 cm³/mol. The second kappa shape index (κ2) is 4.96. The monoisotopic (exact) mass is 219 g/mol. The van der Waals surface area contributed by atoms with E-state index in [1.165, 1.54) is 12.0 Å². The lowest BCUT2D eigenvalue weighted by Gasteiger charge is -2.38. The standard InChI is InChI=1S/C14H21NO/c1-11-10-14(16)8-9-15(11)12(2)13-6-4-3-5-7-13/h4,6-7,11-12H,3,5,8-10H2,1-2H3/t11?,12-/m0/s1. The summed E-state index contributed by atoms with van der Waals surface area (Å²) in [6.45, 7) is 5.35. The molecule has 88 valence electrons. The minimum absolute atomic E-state index is 0.396. The number of likely N-dealkylation sites (tertiary alicyclic amines) is 1. The Bertz CT molecular complexity index is 330. The van der Waals surface area contributed by atoms with Crippen LogP contribution in [0.25, 0.3) is 0 Å². The summed E-state index contributed by atoms with van der Waals surface area (Å²) >= 11 is 0. The molecule has 0 spiro atoms. The highest BCUT2D eigenvalue weighted by Crippen LogP contribution is 2.23. The van der Waals surface area contributed by atoms with Crippen molar-refractivity contribution in [3.8, 4) is 0 Å². The van der Waals surface area contributed by atoms with Crippen LogP contribution < -0.4 is 0 Å². The Labute approximate surface area is 98.0 Å². The van der Waals surface area contributed by atoms with Gasteiger partial charge in [0.15, 0.2) is 0 Å². The molecule has 0 amide bonds. The molecule has 2 nitrogen and oxygen atoms in total. The summed E-state index contributed by atoms with van der Waals surface area (Å²) in [4.78, 5) is 13.8. The van der Waals surface area contributed by atoms with Crippen molar-refractivity contribution in [3.05, 3.63) is 23.8 Å². The van der Waals surface area contributed by atoms with E-state index in [-0.39, 0.29) is 0 Å². The average molecular weight is 219 g/mol. The summed E-state index contributed by atoms with van der Waals surface area (Å²) < 4.78 is 0. The topological polar surface area (TPSA) is 20.3 Å². The molecule has 16 heavy (non-hydrogen) atoms. The first-order chi connectivity index (χ1) is 7.68. The molecule has 1 aliphatic carbocycles. The van der Waals surface area contributed by atoms with Gasteiger partial charge in [-0.1, -0.05) is 18.2 Å². The number of carbonyl (C=O) groups is 1. The summed E-state index contributed by atoms with van der Waals surface area (Å²) in [6.07, 6.45) is 10.6. The zero-order valence-electron chi connectivity index (χ0n) is 10.3. The Morgan fingerprint density at radius 2 is 2.25 bits per heavy atom. The highest BCUT2D eigenvalue weighted by molar-refractivity contribution is 5.79. The second-order valence-electron chi connectivity index (χ2n) is 4.94. The van der Waals surface area contributed by atoms with Crippen LogP contribution in [0.1, 0.15) is 39.5 Å². The number of hydrogen-bond acceptors (Lipinski definition) is 2. The highest BCUT2D eigenvalue weighted by atomic mass is 16.1. The molecular weight excluding hydrogens is 198 g/mol.